The fourth-order valence-electron chi connectivity index (χ4n) is 2.08. The molecule has 13 heavy (non-hydrogen) atoms. The molecule has 2 fully saturated rings. The van der Waals surface area contributed by atoms with Gasteiger partial charge in [0.25, 0.3) is 0 Å². The van der Waals surface area contributed by atoms with E-state index < -0.39 is 6.09 Å². The Morgan fingerprint density at radius 3 is 2.62 bits per heavy atom. The normalized spacial score (nSPS) is 28.9. The molecule has 1 unspecified atom stereocenters. The highest BCUT2D eigenvalue weighted by atomic mass is 16.4. The predicted molar refractivity (Wildman–Crippen MR) is 48.8 cm³/mol. The van der Waals surface area contributed by atoms with Crippen LogP contribution in [0.2, 0.25) is 0 Å². The van der Waals surface area contributed by atoms with E-state index in [0.717, 1.165) is 26.1 Å². The summed E-state index contributed by atoms with van der Waals surface area (Å²) < 4.78 is 0. The Morgan fingerprint density at radius 1 is 1.38 bits per heavy atom. The van der Waals surface area contributed by atoms with Gasteiger partial charge in [-0.25, -0.2) is 4.79 Å². The van der Waals surface area contributed by atoms with Crippen LogP contribution in [0, 0.1) is 5.92 Å². The molecular formula is C9H16N2O2. The highest BCUT2D eigenvalue weighted by Gasteiger charge is 2.28. The van der Waals surface area contributed by atoms with Gasteiger partial charge in [0.1, 0.15) is 0 Å². The quantitative estimate of drug-likeness (QED) is 0.686. The van der Waals surface area contributed by atoms with Gasteiger partial charge < -0.3 is 14.9 Å². The summed E-state index contributed by atoms with van der Waals surface area (Å²) in [5, 5.41) is 8.75. The van der Waals surface area contributed by atoms with Crippen LogP contribution in [0.5, 0.6) is 0 Å². The molecule has 0 aromatic rings. The van der Waals surface area contributed by atoms with Crippen molar-refractivity contribution in [2.24, 2.45) is 5.92 Å². The molecule has 0 bridgehead atoms. The van der Waals surface area contributed by atoms with Crippen LogP contribution >= 0.6 is 0 Å². The third-order valence-corrected chi connectivity index (χ3v) is 3.02. The minimum absolute atomic E-state index is 0.580. The van der Waals surface area contributed by atoms with Crippen molar-refractivity contribution in [3.05, 3.63) is 0 Å². The number of rotatable bonds is 2. The fourth-order valence-corrected chi connectivity index (χ4v) is 2.08. The average Bonchev–Trinajstić information content (AvgIpc) is 2.44. The van der Waals surface area contributed by atoms with E-state index in [-0.39, 0.29) is 0 Å². The maximum absolute atomic E-state index is 10.6. The highest BCUT2D eigenvalue weighted by molar-refractivity contribution is 5.65. The first-order chi connectivity index (χ1) is 6.25. The highest BCUT2D eigenvalue weighted by Crippen LogP contribution is 2.19. The Bertz CT molecular complexity index is 204. The van der Waals surface area contributed by atoms with Gasteiger partial charge in [0, 0.05) is 19.6 Å². The summed E-state index contributed by atoms with van der Waals surface area (Å²) >= 11 is 0. The van der Waals surface area contributed by atoms with E-state index in [2.05, 4.69) is 4.90 Å². The summed E-state index contributed by atoms with van der Waals surface area (Å²) in [5.41, 5.74) is 0. The topological polar surface area (TPSA) is 43.8 Å². The van der Waals surface area contributed by atoms with E-state index in [1.807, 2.05) is 0 Å². The fraction of sp³-hybridized carbons (Fsp3) is 0.889. The zero-order chi connectivity index (χ0) is 9.26. The zero-order valence-electron chi connectivity index (χ0n) is 7.78. The van der Waals surface area contributed by atoms with Gasteiger partial charge in [-0.1, -0.05) is 0 Å². The van der Waals surface area contributed by atoms with E-state index in [0.29, 0.717) is 5.92 Å². The van der Waals surface area contributed by atoms with Gasteiger partial charge in [-0.15, -0.1) is 0 Å². The van der Waals surface area contributed by atoms with Crippen molar-refractivity contribution in [1.29, 1.82) is 0 Å². The van der Waals surface area contributed by atoms with Crippen LogP contribution in [0.25, 0.3) is 0 Å². The summed E-state index contributed by atoms with van der Waals surface area (Å²) in [7, 11) is 0. The van der Waals surface area contributed by atoms with Crippen molar-refractivity contribution in [2.75, 3.05) is 32.7 Å². The predicted octanol–water partition coefficient (Wildman–Crippen LogP) is 0.692. The lowest BCUT2D eigenvalue weighted by atomic mass is 10.1. The molecule has 0 saturated carbocycles. The number of carboxylic acid groups (broad SMARTS) is 1. The second-order valence-corrected chi connectivity index (χ2v) is 4.04. The number of carbonyl (C=O) groups is 1. The van der Waals surface area contributed by atoms with E-state index in [4.69, 9.17) is 5.11 Å². The number of hydrogen-bond donors (Lipinski definition) is 1. The van der Waals surface area contributed by atoms with Crippen molar-refractivity contribution in [3.63, 3.8) is 0 Å². The van der Waals surface area contributed by atoms with Crippen LogP contribution < -0.4 is 0 Å². The van der Waals surface area contributed by atoms with Crippen LogP contribution in [0.15, 0.2) is 0 Å². The minimum atomic E-state index is -0.758. The Hall–Kier alpha value is -0.770. The second kappa shape index (κ2) is 3.54. The first-order valence-corrected chi connectivity index (χ1v) is 4.96. The number of nitrogens with zero attached hydrogens (tertiary/aromatic N) is 2. The van der Waals surface area contributed by atoms with Crippen LogP contribution in [0.3, 0.4) is 0 Å². The van der Waals surface area contributed by atoms with Crippen molar-refractivity contribution in [3.8, 4) is 0 Å². The van der Waals surface area contributed by atoms with Crippen LogP contribution in [-0.2, 0) is 0 Å². The van der Waals surface area contributed by atoms with Gasteiger partial charge in [-0.05, 0) is 31.8 Å². The maximum Gasteiger partial charge on any atom is 0.407 e. The third-order valence-electron chi connectivity index (χ3n) is 3.02. The monoisotopic (exact) mass is 184 g/mol. The van der Waals surface area contributed by atoms with Crippen LogP contribution in [0.1, 0.15) is 12.8 Å². The molecule has 1 atom stereocenters. The minimum Gasteiger partial charge on any atom is -0.465 e. The lowest BCUT2D eigenvalue weighted by Gasteiger charge is -2.32. The number of amides is 1. The Morgan fingerprint density at radius 2 is 2.15 bits per heavy atom. The summed E-state index contributed by atoms with van der Waals surface area (Å²) in [6.45, 7) is 5.00. The average molecular weight is 184 g/mol. The van der Waals surface area contributed by atoms with Gasteiger partial charge >= 0.3 is 6.09 Å². The van der Waals surface area contributed by atoms with Gasteiger partial charge in [0.2, 0.25) is 0 Å². The molecule has 0 spiro atoms. The lowest BCUT2D eigenvalue weighted by molar-refractivity contribution is 0.140. The molecule has 4 heteroatoms. The van der Waals surface area contributed by atoms with Crippen LogP contribution in [-0.4, -0.2) is 53.7 Å². The molecule has 4 nitrogen and oxygen atoms in total. The first-order valence-electron chi connectivity index (χ1n) is 4.96. The zero-order valence-corrected chi connectivity index (χ0v) is 7.78. The molecule has 0 radical (unpaired) electrons. The van der Waals surface area contributed by atoms with Crippen molar-refractivity contribution < 1.29 is 9.90 Å². The van der Waals surface area contributed by atoms with E-state index in [9.17, 15) is 4.79 Å². The van der Waals surface area contributed by atoms with Gasteiger partial charge in [0.15, 0.2) is 0 Å². The lowest BCUT2D eigenvalue weighted by Crippen LogP contribution is -2.41. The van der Waals surface area contributed by atoms with Crippen molar-refractivity contribution >= 4 is 6.09 Å². The number of hydrogen-bond acceptors (Lipinski definition) is 2. The molecule has 1 N–H and O–H groups in total. The van der Waals surface area contributed by atoms with Gasteiger partial charge in [-0.2, -0.15) is 0 Å². The van der Waals surface area contributed by atoms with E-state index in [1.54, 1.807) is 0 Å². The van der Waals surface area contributed by atoms with Gasteiger partial charge in [-0.3, -0.25) is 0 Å². The Balaban J connectivity index is 1.74. The van der Waals surface area contributed by atoms with Crippen molar-refractivity contribution in [2.45, 2.75) is 12.8 Å². The van der Waals surface area contributed by atoms with Crippen LogP contribution in [0.4, 0.5) is 4.79 Å². The molecule has 0 aromatic heterocycles. The van der Waals surface area contributed by atoms with E-state index in [1.165, 1.54) is 24.4 Å². The molecule has 0 aromatic carbocycles. The molecule has 2 heterocycles. The number of likely N-dealkylation sites (tertiary alicyclic amines) is 2. The summed E-state index contributed by atoms with van der Waals surface area (Å²) in [6, 6.07) is 0. The smallest absolute Gasteiger partial charge is 0.407 e. The molecule has 2 rings (SSSR count). The molecule has 2 aliphatic heterocycles. The molecule has 0 aliphatic carbocycles. The van der Waals surface area contributed by atoms with E-state index >= 15 is 0 Å². The molecule has 2 saturated heterocycles. The Kier molecular flexibility index (Phi) is 2.40. The molecule has 1 amide bonds. The van der Waals surface area contributed by atoms with Gasteiger partial charge in [0.05, 0.1) is 0 Å². The van der Waals surface area contributed by atoms with Crippen molar-refractivity contribution in [1.82, 2.24) is 9.80 Å². The molecule has 74 valence electrons. The Labute approximate surface area is 78.1 Å². The first kappa shape index (κ1) is 8.81. The maximum atomic E-state index is 10.6. The summed E-state index contributed by atoms with van der Waals surface area (Å²) in [6.07, 6.45) is 1.60. The molecular weight excluding hydrogens is 168 g/mol. The third kappa shape index (κ3) is 1.94. The SMILES string of the molecule is O=C(O)N1CCC(CN2CCC2)C1. The largest absolute Gasteiger partial charge is 0.465 e. The second-order valence-electron chi connectivity index (χ2n) is 4.04. The summed E-state index contributed by atoms with van der Waals surface area (Å²) in [4.78, 5) is 14.6. The molecule has 2 aliphatic rings. The standard InChI is InChI=1S/C9H16N2O2/c12-9(13)11-5-2-8(7-11)6-10-3-1-4-10/h8H,1-7H2,(H,12,13). The summed E-state index contributed by atoms with van der Waals surface area (Å²) in [5.74, 6) is 0.580.